The number of hydrogen-bond acceptors (Lipinski definition) is 4. The van der Waals surface area contributed by atoms with Crippen LogP contribution in [0, 0.1) is 0 Å². The molecule has 0 aromatic heterocycles. The minimum Gasteiger partial charge on any atom is -0.196 e. The zero-order chi connectivity index (χ0) is 8.04. The third-order valence-electron chi connectivity index (χ3n) is 0.639. The molecule has 4 nitrogen and oxygen atoms in total. The Bertz CT molecular complexity index is 131. The van der Waals surface area contributed by atoms with E-state index in [1.54, 1.807) is 7.05 Å². The van der Waals surface area contributed by atoms with Crippen molar-refractivity contribution in [3.05, 3.63) is 0 Å². The highest BCUT2D eigenvalue weighted by Crippen LogP contribution is 2.05. The number of rotatable bonds is 2. The van der Waals surface area contributed by atoms with E-state index in [9.17, 15) is 0 Å². The Morgan fingerprint density at radius 2 is 1.70 bits per heavy atom. The lowest BCUT2D eigenvalue weighted by atomic mass is 10.1. The van der Waals surface area contributed by atoms with Crippen molar-refractivity contribution in [1.82, 2.24) is 0 Å². The summed E-state index contributed by atoms with van der Waals surface area (Å²) in [6.07, 6.45) is 0. The van der Waals surface area contributed by atoms with Crippen LogP contribution in [0.3, 0.4) is 0 Å². The molecule has 0 aliphatic rings. The maximum atomic E-state index is 3.97. The first-order valence-electron chi connectivity index (χ1n) is 3.20. The van der Waals surface area contributed by atoms with Gasteiger partial charge in [0.25, 0.3) is 0 Å². The second-order valence-corrected chi connectivity index (χ2v) is 2.90. The molecule has 0 spiro atoms. The molecule has 0 saturated heterocycles. The fourth-order valence-corrected chi connectivity index (χ4v) is 0.335. The second-order valence-electron chi connectivity index (χ2n) is 2.90. The molecule has 0 unspecified atom stereocenters. The van der Waals surface area contributed by atoms with Crippen molar-refractivity contribution >= 4 is 0 Å². The molecule has 0 aliphatic carbocycles. The van der Waals surface area contributed by atoms with Crippen molar-refractivity contribution in [1.29, 1.82) is 0 Å². The van der Waals surface area contributed by atoms with Crippen molar-refractivity contribution < 1.29 is 0 Å². The third kappa shape index (κ3) is 7.20. The molecule has 0 amide bonds. The number of azo groups is 2. The van der Waals surface area contributed by atoms with Gasteiger partial charge in [-0.2, -0.15) is 20.5 Å². The fourth-order valence-electron chi connectivity index (χ4n) is 0.335. The van der Waals surface area contributed by atoms with Gasteiger partial charge in [-0.15, -0.1) is 0 Å². The monoisotopic (exact) mass is 142 g/mol. The van der Waals surface area contributed by atoms with E-state index in [1.165, 1.54) is 0 Å². The summed E-state index contributed by atoms with van der Waals surface area (Å²) in [6.45, 7) is 6.30. The Labute approximate surface area is 61.5 Å². The van der Waals surface area contributed by atoms with E-state index in [-0.39, 0.29) is 5.54 Å². The van der Waals surface area contributed by atoms with E-state index in [4.69, 9.17) is 0 Å². The standard InChI is InChI=1S/C6H14N4/c1-6(2,3)10-9-5-8-7-4/h5H2,1-4H3. The van der Waals surface area contributed by atoms with E-state index in [0.29, 0.717) is 6.67 Å². The molecular weight excluding hydrogens is 128 g/mol. The van der Waals surface area contributed by atoms with Gasteiger partial charge < -0.3 is 0 Å². The Hall–Kier alpha value is -0.800. The van der Waals surface area contributed by atoms with Crippen LogP contribution in [0.5, 0.6) is 0 Å². The Kier molecular flexibility index (Phi) is 3.76. The lowest BCUT2D eigenvalue weighted by Gasteiger charge is -2.07. The molecular formula is C6H14N4. The van der Waals surface area contributed by atoms with Crippen LogP contribution in [-0.2, 0) is 0 Å². The van der Waals surface area contributed by atoms with Crippen molar-refractivity contribution in [2.45, 2.75) is 26.3 Å². The van der Waals surface area contributed by atoms with Crippen LogP contribution in [0.25, 0.3) is 0 Å². The van der Waals surface area contributed by atoms with Gasteiger partial charge in [0.05, 0.1) is 5.54 Å². The van der Waals surface area contributed by atoms with Gasteiger partial charge in [-0.1, -0.05) is 0 Å². The lowest BCUT2D eigenvalue weighted by molar-refractivity contribution is 0.538. The summed E-state index contributed by atoms with van der Waals surface area (Å²) in [4.78, 5) is 0. The molecule has 58 valence electrons. The second kappa shape index (κ2) is 4.09. The van der Waals surface area contributed by atoms with Crippen molar-refractivity contribution in [3.63, 3.8) is 0 Å². The summed E-state index contributed by atoms with van der Waals surface area (Å²) in [7, 11) is 1.62. The summed E-state index contributed by atoms with van der Waals surface area (Å²) < 4.78 is 0. The molecule has 0 aromatic rings. The number of hydrogen-bond donors (Lipinski definition) is 0. The van der Waals surface area contributed by atoms with Crippen LogP contribution >= 0.6 is 0 Å². The first-order chi connectivity index (χ1) is 4.56. The van der Waals surface area contributed by atoms with Crippen LogP contribution < -0.4 is 0 Å². The van der Waals surface area contributed by atoms with Gasteiger partial charge in [-0.3, -0.25) is 0 Å². The third-order valence-corrected chi connectivity index (χ3v) is 0.639. The minimum absolute atomic E-state index is 0.0940. The minimum atomic E-state index is -0.0940. The highest BCUT2D eigenvalue weighted by molar-refractivity contribution is 4.66. The van der Waals surface area contributed by atoms with Gasteiger partial charge in [0.1, 0.15) is 0 Å². The Balaban J connectivity index is 3.56. The maximum absolute atomic E-state index is 3.97. The summed E-state index contributed by atoms with van der Waals surface area (Å²) in [5.74, 6) is 0. The average molecular weight is 142 g/mol. The summed E-state index contributed by atoms with van der Waals surface area (Å²) in [5.41, 5.74) is -0.0940. The van der Waals surface area contributed by atoms with Gasteiger partial charge >= 0.3 is 0 Å². The van der Waals surface area contributed by atoms with E-state index in [2.05, 4.69) is 20.5 Å². The first kappa shape index (κ1) is 9.20. The molecule has 10 heavy (non-hydrogen) atoms. The lowest BCUT2D eigenvalue weighted by Crippen LogP contribution is -2.07. The predicted octanol–water partition coefficient (Wildman–Crippen LogP) is 2.28. The maximum Gasteiger partial charge on any atom is 0.170 e. The molecule has 0 saturated carbocycles. The van der Waals surface area contributed by atoms with E-state index >= 15 is 0 Å². The highest BCUT2D eigenvalue weighted by atomic mass is 15.2. The quantitative estimate of drug-likeness (QED) is 0.531. The molecule has 0 aromatic carbocycles. The summed E-state index contributed by atoms with van der Waals surface area (Å²) >= 11 is 0. The van der Waals surface area contributed by atoms with Crippen LogP contribution in [0.15, 0.2) is 20.5 Å². The van der Waals surface area contributed by atoms with E-state index in [0.717, 1.165) is 0 Å². The molecule has 0 rings (SSSR count). The molecule has 0 fully saturated rings. The summed E-state index contributed by atoms with van der Waals surface area (Å²) in [5, 5.41) is 14.9. The summed E-state index contributed by atoms with van der Waals surface area (Å²) in [6, 6.07) is 0. The zero-order valence-corrected chi connectivity index (χ0v) is 7.00. The molecule has 0 aliphatic heterocycles. The molecule has 0 heterocycles. The van der Waals surface area contributed by atoms with Crippen LogP contribution in [-0.4, -0.2) is 19.3 Å². The van der Waals surface area contributed by atoms with E-state index < -0.39 is 0 Å². The van der Waals surface area contributed by atoms with Gasteiger partial charge in [0, 0.05) is 7.05 Å². The Morgan fingerprint density at radius 3 is 2.10 bits per heavy atom. The predicted molar refractivity (Wildman–Crippen MR) is 40.3 cm³/mol. The van der Waals surface area contributed by atoms with Crippen LogP contribution in [0.1, 0.15) is 20.8 Å². The van der Waals surface area contributed by atoms with Gasteiger partial charge in [-0.25, -0.2) is 0 Å². The molecule has 0 atom stereocenters. The fraction of sp³-hybridized carbons (Fsp3) is 1.00. The first-order valence-corrected chi connectivity index (χ1v) is 3.20. The number of nitrogens with zero attached hydrogens (tertiary/aromatic N) is 4. The van der Waals surface area contributed by atoms with Crippen molar-refractivity contribution in [3.8, 4) is 0 Å². The van der Waals surface area contributed by atoms with Gasteiger partial charge in [0.2, 0.25) is 0 Å². The normalized spacial score (nSPS) is 13.6. The Morgan fingerprint density at radius 1 is 1.10 bits per heavy atom. The molecule has 4 heteroatoms. The topological polar surface area (TPSA) is 49.4 Å². The zero-order valence-electron chi connectivity index (χ0n) is 7.00. The van der Waals surface area contributed by atoms with Crippen LogP contribution in [0.2, 0.25) is 0 Å². The van der Waals surface area contributed by atoms with Crippen molar-refractivity contribution in [2.24, 2.45) is 20.5 Å². The van der Waals surface area contributed by atoms with Gasteiger partial charge in [0.15, 0.2) is 6.67 Å². The van der Waals surface area contributed by atoms with Crippen molar-refractivity contribution in [2.75, 3.05) is 13.7 Å². The molecule has 0 radical (unpaired) electrons. The smallest absolute Gasteiger partial charge is 0.170 e. The molecule has 0 N–H and O–H groups in total. The van der Waals surface area contributed by atoms with Crippen LogP contribution in [0.4, 0.5) is 0 Å². The largest absolute Gasteiger partial charge is 0.196 e. The van der Waals surface area contributed by atoms with Gasteiger partial charge in [-0.05, 0) is 20.8 Å². The highest BCUT2D eigenvalue weighted by Gasteiger charge is 2.05. The SMILES string of the molecule is CN=NCN=NC(C)(C)C. The molecule has 0 bridgehead atoms. The van der Waals surface area contributed by atoms with E-state index in [1.807, 2.05) is 20.8 Å². The average Bonchev–Trinajstić information content (AvgIpc) is 1.78.